The van der Waals surface area contributed by atoms with Gasteiger partial charge in [-0.3, -0.25) is 4.79 Å². The molecule has 0 spiro atoms. The lowest BCUT2D eigenvalue weighted by Crippen LogP contribution is -2.47. The Morgan fingerprint density at radius 1 is 0.944 bits per heavy atom. The van der Waals surface area contributed by atoms with Crippen molar-refractivity contribution in [2.24, 2.45) is 0 Å². The average molecular weight is 498 g/mol. The number of piperidine rings is 1. The van der Waals surface area contributed by atoms with Gasteiger partial charge in [0, 0.05) is 42.7 Å². The Morgan fingerprint density at radius 2 is 1.67 bits per heavy atom. The summed E-state index contributed by atoms with van der Waals surface area (Å²) in [7, 11) is 0. The molecule has 1 aliphatic heterocycles. The summed E-state index contributed by atoms with van der Waals surface area (Å²) in [5, 5.41) is 12.8. The molecule has 0 atom stereocenters. The molecule has 1 saturated heterocycles. The Balaban J connectivity index is 1.19. The van der Waals surface area contributed by atoms with Gasteiger partial charge in [-0.15, -0.1) is 11.3 Å². The molecule has 0 unspecified atom stereocenters. The van der Waals surface area contributed by atoms with E-state index in [-0.39, 0.29) is 18.0 Å². The molecular formula is C28H27N5O2S. The van der Waals surface area contributed by atoms with Crippen LogP contribution in [-0.2, 0) is 4.79 Å². The van der Waals surface area contributed by atoms with Gasteiger partial charge in [0.2, 0.25) is 5.91 Å². The minimum atomic E-state index is -0.147. The quantitative estimate of drug-likeness (QED) is 0.349. The average Bonchev–Trinajstić information content (AvgIpc) is 3.59. The summed E-state index contributed by atoms with van der Waals surface area (Å²) in [6, 6.07) is 23.3. The van der Waals surface area contributed by atoms with Crippen molar-refractivity contribution in [2.45, 2.75) is 18.9 Å². The van der Waals surface area contributed by atoms with Crippen molar-refractivity contribution < 1.29 is 9.59 Å². The van der Waals surface area contributed by atoms with E-state index in [2.05, 4.69) is 10.6 Å². The van der Waals surface area contributed by atoms with Crippen LogP contribution in [-0.4, -0.2) is 45.8 Å². The molecule has 1 aliphatic rings. The Morgan fingerprint density at radius 3 is 2.36 bits per heavy atom. The Kier molecular flexibility index (Phi) is 7.23. The molecule has 7 nitrogen and oxygen atoms in total. The van der Waals surface area contributed by atoms with Gasteiger partial charge in [0.15, 0.2) is 0 Å². The molecule has 182 valence electrons. The zero-order valence-electron chi connectivity index (χ0n) is 19.7. The number of nitrogens with zero attached hydrogens (tertiary/aromatic N) is 3. The predicted molar refractivity (Wildman–Crippen MR) is 144 cm³/mol. The lowest BCUT2D eigenvalue weighted by molar-refractivity contribution is -0.117. The highest BCUT2D eigenvalue weighted by atomic mass is 32.1. The van der Waals surface area contributed by atoms with Gasteiger partial charge in [0.1, 0.15) is 5.69 Å². The van der Waals surface area contributed by atoms with Crippen LogP contribution in [0.2, 0.25) is 0 Å². The van der Waals surface area contributed by atoms with Gasteiger partial charge in [-0.05, 0) is 54.6 Å². The van der Waals surface area contributed by atoms with E-state index >= 15 is 0 Å². The van der Waals surface area contributed by atoms with E-state index in [9.17, 15) is 9.59 Å². The summed E-state index contributed by atoms with van der Waals surface area (Å²) >= 11 is 1.62. The third-order valence-corrected chi connectivity index (χ3v) is 6.96. The molecule has 0 saturated carbocycles. The molecule has 4 aromatic rings. The normalized spacial score (nSPS) is 14.2. The van der Waals surface area contributed by atoms with Crippen LogP contribution in [0, 0.1) is 0 Å². The van der Waals surface area contributed by atoms with Crippen LogP contribution in [0.5, 0.6) is 0 Å². The van der Waals surface area contributed by atoms with Crippen LogP contribution in [0.3, 0.4) is 0 Å². The molecule has 5 rings (SSSR count). The van der Waals surface area contributed by atoms with Gasteiger partial charge in [-0.25, -0.2) is 9.48 Å². The molecule has 0 bridgehead atoms. The number of thiophene rings is 1. The number of aromatic nitrogens is 2. The fourth-order valence-electron chi connectivity index (χ4n) is 4.19. The van der Waals surface area contributed by atoms with Crippen molar-refractivity contribution in [1.29, 1.82) is 0 Å². The molecule has 0 aliphatic carbocycles. The van der Waals surface area contributed by atoms with Gasteiger partial charge in [0.05, 0.1) is 10.6 Å². The van der Waals surface area contributed by atoms with E-state index in [0.717, 1.165) is 27.5 Å². The number of benzene rings is 2. The van der Waals surface area contributed by atoms with Crippen molar-refractivity contribution in [3.05, 3.63) is 96.0 Å². The Labute approximate surface area is 214 Å². The summed E-state index contributed by atoms with van der Waals surface area (Å²) < 4.78 is 1.84. The lowest BCUT2D eigenvalue weighted by Gasteiger charge is -2.32. The van der Waals surface area contributed by atoms with E-state index < -0.39 is 0 Å². The number of urea groups is 1. The number of nitrogens with one attached hydrogen (secondary N) is 2. The SMILES string of the molecule is O=C(/C=C/c1cn(-c2ccccc2)nc1-c1cccs1)NC1CCN(C(=O)Nc2ccccc2)CC1. The highest BCUT2D eigenvalue weighted by Gasteiger charge is 2.23. The molecule has 2 N–H and O–H groups in total. The number of rotatable bonds is 6. The minimum absolute atomic E-state index is 0.0340. The van der Waals surface area contributed by atoms with Crippen molar-refractivity contribution in [1.82, 2.24) is 20.0 Å². The summed E-state index contributed by atoms with van der Waals surface area (Å²) in [6.45, 7) is 1.19. The largest absolute Gasteiger partial charge is 0.350 e. The maximum absolute atomic E-state index is 12.7. The maximum atomic E-state index is 12.7. The van der Waals surface area contributed by atoms with Crippen molar-refractivity contribution >= 4 is 35.0 Å². The second kappa shape index (κ2) is 11.0. The fraction of sp³-hybridized carbons (Fsp3) is 0.179. The summed E-state index contributed by atoms with van der Waals surface area (Å²) in [5.41, 5.74) is 3.46. The number of carbonyl (C=O) groups is 2. The Bertz CT molecular complexity index is 1330. The number of hydrogen-bond donors (Lipinski definition) is 2. The lowest BCUT2D eigenvalue weighted by atomic mass is 10.1. The molecular weight excluding hydrogens is 470 g/mol. The highest BCUT2D eigenvalue weighted by molar-refractivity contribution is 7.13. The first kappa shape index (κ1) is 23.6. The fourth-order valence-corrected chi connectivity index (χ4v) is 4.92. The van der Waals surface area contributed by atoms with Crippen molar-refractivity contribution in [2.75, 3.05) is 18.4 Å². The Hall–Kier alpha value is -4.17. The molecule has 3 amide bonds. The number of para-hydroxylation sites is 2. The van der Waals surface area contributed by atoms with E-state index in [4.69, 9.17) is 5.10 Å². The molecule has 3 heterocycles. The number of likely N-dealkylation sites (tertiary alicyclic amines) is 1. The molecule has 8 heteroatoms. The maximum Gasteiger partial charge on any atom is 0.321 e. The van der Waals surface area contributed by atoms with E-state index in [1.807, 2.05) is 95.1 Å². The predicted octanol–water partition coefficient (Wildman–Crippen LogP) is 5.43. The number of hydrogen-bond acceptors (Lipinski definition) is 4. The third kappa shape index (κ3) is 5.72. The van der Waals surface area contributed by atoms with E-state index in [1.54, 1.807) is 22.3 Å². The van der Waals surface area contributed by atoms with Crippen molar-refractivity contribution in [3.63, 3.8) is 0 Å². The summed E-state index contributed by atoms with van der Waals surface area (Å²) in [6.07, 6.45) is 6.76. The first-order valence-corrected chi connectivity index (χ1v) is 12.8. The molecule has 0 radical (unpaired) electrons. The van der Waals surface area contributed by atoms with E-state index in [1.165, 1.54) is 0 Å². The van der Waals surface area contributed by atoms with Crippen LogP contribution in [0.25, 0.3) is 22.3 Å². The zero-order valence-corrected chi connectivity index (χ0v) is 20.5. The highest BCUT2D eigenvalue weighted by Crippen LogP contribution is 2.28. The first-order chi connectivity index (χ1) is 17.7. The number of amides is 3. The summed E-state index contributed by atoms with van der Waals surface area (Å²) in [4.78, 5) is 28.0. The number of anilines is 1. The first-order valence-electron chi connectivity index (χ1n) is 11.9. The van der Waals surface area contributed by atoms with Crippen molar-refractivity contribution in [3.8, 4) is 16.3 Å². The van der Waals surface area contributed by atoms with Crippen LogP contribution >= 0.6 is 11.3 Å². The standard InChI is InChI=1S/C28H27N5O2S/c34-26(29-23-15-17-32(18-16-23)28(35)30-22-8-3-1-4-9-22)14-13-21-20-33(24-10-5-2-6-11-24)31-27(21)25-12-7-19-36-25/h1-14,19-20,23H,15-18H2,(H,29,34)(H,30,35)/b14-13+. The van der Waals surface area contributed by atoms with Crippen LogP contribution < -0.4 is 10.6 Å². The van der Waals surface area contributed by atoms with Crippen LogP contribution in [0.1, 0.15) is 18.4 Å². The van der Waals surface area contributed by atoms with Gasteiger partial charge in [-0.1, -0.05) is 42.5 Å². The van der Waals surface area contributed by atoms with Crippen LogP contribution in [0.4, 0.5) is 10.5 Å². The van der Waals surface area contributed by atoms with Crippen LogP contribution in [0.15, 0.2) is 90.4 Å². The topological polar surface area (TPSA) is 79.3 Å². The molecule has 1 fully saturated rings. The second-order valence-electron chi connectivity index (χ2n) is 8.59. The summed E-state index contributed by atoms with van der Waals surface area (Å²) in [5.74, 6) is -0.147. The zero-order chi connectivity index (χ0) is 24.7. The van der Waals surface area contributed by atoms with Gasteiger partial charge in [0.25, 0.3) is 0 Å². The number of carbonyl (C=O) groups excluding carboxylic acids is 2. The smallest absolute Gasteiger partial charge is 0.321 e. The second-order valence-corrected chi connectivity index (χ2v) is 9.54. The van der Waals surface area contributed by atoms with Gasteiger partial charge in [-0.2, -0.15) is 5.10 Å². The van der Waals surface area contributed by atoms with Gasteiger partial charge < -0.3 is 15.5 Å². The minimum Gasteiger partial charge on any atom is -0.350 e. The van der Waals surface area contributed by atoms with Gasteiger partial charge >= 0.3 is 6.03 Å². The monoisotopic (exact) mass is 497 g/mol. The third-order valence-electron chi connectivity index (χ3n) is 6.09. The molecule has 2 aromatic carbocycles. The molecule has 36 heavy (non-hydrogen) atoms. The van der Waals surface area contributed by atoms with E-state index in [0.29, 0.717) is 25.9 Å². The molecule has 2 aromatic heterocycles.